The van der Waals surface area contributed by atoms with Crippen LogP contribution < -0.4 is 0 Å². The smallest absolute Gasteiger partial charge is 0.235 e. The fraction of sp³-hybridized carbons (Fsp3) is 0.188. The second-order valence-electron chi connectivity index (χ2n) is 4.65. The first-order valence-corrected chi connectivity index (χ1v) is 8.17. The molecular formula is C16H18N2O2S. The lowest BCUT2D eigenvalue weighted by Crippen LogP contribution is -2.27. The quantitative estimate of drug-likeness (QED) is 0.824. The van der Waals surface area contributed by atoms with Crippen molar-refractivity contribution in [2.24, 2.45) is 0 Å². The van der Waals surface area contributed by atoms with E-state index in [1.165, 1.54) is 9.71 Å². The second-order valence-corrected chi connectivity index (χ2v) is 6.58. The van der Waals surface area contributed by atoms with Crippen LogP contribution in [0, 0.1) is 0 Å². The van der Waals surface area contributed by atoms with Crippen LogP contribution in [0.15, 0.2) is 60.1 Å². The number of aromatic nitrogens is 1. The highest BCUT2D eigenvalue weighted by Crippen LogP contribution is 2.07. The molecule has 0 unspecified atom stereocenters. The van der Waals surface area contributed by atoms with Crippen molar-refractivity contribution >= 4 is 16.1 Å². The molecule has 0 aliphatic carbocycles. The van der Waals surface area contributed by atoms with Crippen molar-refractivity contribution in [2.75, 3.05) is 13.6 Å². The van der Waals surface area contributed by atoms with Gasteiger partial charge in [0.15, 0.2) is 0 Å². The van der Waals surface area contributed by atoms with Crippen LogP contribution in [0.3, 0.4) is 0 Å². The topological polar surface area (TPSA) is 50.3 Å². The molecule has 0 atom stereocenters. The number of benzene rings is 1. The van der Waals surface area contributed by atoms with Crippen molar-refractivity contribution in [3.8, 4) is 0 Å². The maximum Gasteiger partial charge on any atom is 0.235 e. The molecule has 0 N–H and O–H groups in total. The summed E-state index contributed by atoms with van der Waals surface area (Å²) < 4.78 is 25.6. The SMILES string of the molecule is CN(CCc1ccccn1)S(=O)(=O)/C=C/c1ccccc1. The number of hydrogen-bond donors (Lipinski definition) is 0. The van der Waals surface area contributed by atoms with Crippen LogP contribution in [0.25, 0.3) is 6.08 Å². The Morgan fingerprint density at radius 2 is 1.81 bits per heavy atom. The minimum Gasteiger partial charge on any atom is -0.261 e. The van der Waals surface area contributed by atoms with Crippen molar-refractivity contribution in [2.45, 2.75) is 6.42 Å². The van der Waals surface area contributed by atoms with E-state index in [-0.39, 0.29) is 0 Å². The van der Waals surface area contributed by atoms with Crippen LogP contribution in [0.2, 0.25) is 0 Å². The number of likely N-dealkylation sites (N-methyl/N-ethyl adjacent to an activating group) is 1. The van der Waals surface area contributed by atoms with Gasteiger partial charge in [-0.15, -0.1) is 0 Å². The van der Waals surface area contributed by atoms with Gasteiger partial charge in [0.25, 0.3) is 0 Å². The van der Waals surface area contributed by atoms with Crippen molar-refractivity contribution in [1.82, 2.24) is 9.29 Å². The second kappa shape index (κ2) is 7.15. The molecule has 0 fully saturated rings. The molecule has 0 amide bonds. The van der Waals surface area contributed by atoms with Gasteiger partial charge in [-0.25, -0.2) is 12.7 Å². The van der Waals surface area contributed by atoms with Gasteiger partial charge < -0.3 is 0 Å². The number of hydrogen-bond acceptors (Lipinski definition) is 3. The first-order chi connectivity index (χ1) is 10.1. The molecule has 1 aromatic carbocycles. The van der Waals surface area contributed by atoms with E-state index in [1.54, 1.807) is 19.3 Å². The number of pyridine rings is 1. The van der Waals surface area contributed by atoms with Gasteiger partial charge in [-0.1, -0.05) is 36.4 Å². The predicted octanol–water partition coefficient (Wildman–Crippen LogP) is 2.56. The lowest BCUT2D eigenvalue weighted by molar-refractivity contribution is 0.479. The number of rotatable bonds is 6. The Balaban J connectivity index is 1.97. The highest BCUT2D eigenvalue weighted by Gasteiger charge is 2.13. The van der Waals surface area contributed by atoms with Crippen molar-refractivity contribution < 1.29 is 8.42 Å². The lowest BCUT2D eigenvalue weighted by atomic mass is 10.2. The van der Waals surface area contributed by atoms with Gasteiger partial charge >= 0.3 is 0 Å². The van der Waals surface area contributed by atoms with E-state index in [0.717, 1.165) is 11.3 Å². The molecule has 0 radical (unpaired) electrons. The van der Waals surface area contributed by atoms with Crippen molar-refractivity contribution in [3.63, 3.8) is 0 Å². The molecule has 2 aromatic rings. The largest absolute Gasteiger partial charge is 0.261 e. The van der Waals surface area contributed by atoms with E-state index in [4.69, 9.17) is 0 Å². The van der Waals surface area contributed by atoms with Gasteiger partial charge in [0.05, 0.1) is 0 Å². The first-order valence-electron chi connectivity index (χ1n) is 6.67. The summed E-state index contributed by atoms with van der Waals surface area (Å²) in [5.74, 6) is 0. The third kappa shape index (κ3) is 4.81. The molecule has 110 valence electrons. The van der Waals surface area contributed by atoms with E-state index in [1.807, 2.05) is 48.5 Å². The highest BCUT2D eigenvalue weighted by atomic mass is 32.2. The Morgan fingerprint density at radius 3 is 2.48 bits per heavy atom. The Morgan fingerprint density at radius 1 is 1.10 bits per heavy atom. The first kappa shape index (κ1) is 15.4. The van der Waals surface area contributed by atoms with Crippen LogP contribution in [-0.2, 0) is 16.4 Å². The zero-order chi connectivity index (χ0) is 15.1. The molecular weight excluding hydrogens is 284 g/mol. The Labute approximate surface area is 125 Å². The molecule has 4 nitrogen and oxygen atoms in total. The van der Waals surface area contributed by atoms with Crippen molar-refractivity contribution in [1.29, 1.82) is 0 Å². The fourth-order valence-corrected chi connectivity index (χ4v) is 2.66. The molecule has 1 heterocycles. The van der Waals surface area contributed by atoms with Crippen LogP contribution in [0.4, 0.5) is 0 Å². The number of nitrogens with zero attached hydrogens (tertiary/aromatic N) is 2. The maximum absolute atomic E-state index is 12.1. The van der Waals surface area contributed by atoms with Crippen molar-refractivity contribution in [3.05, 3.63) is 71.4 Å². The molecule has 1 aromatic heterocycles. The zero-order valence-electron chi connectivity index (χ0n) is 11.9. The van der Waals surface area contributed by atoms with Gasteiger partial charge in [-0.3, -0.25) is 4.98 Å². The fourth-order valence-electron chi connectivity index (χ4n) is 1.78. The van der Waals surface area contributed by atoms with Gasteiger partial charge in [0, 0.05) is 37.3 Å². The van der Waals surface area contributed by atoms with E-state index in [9.17, 15) is 8.42 Å². The summed E-state index contributed by atoms with van der Waals surface area (Å²) in [6, 6.07) is 15.0. The van der Waals surface area contributed by atoms with E-state index >= 15 is 0 Å². The Kier molecular flexibility index (Phi) is 5.25. The van der Waals surface area contributed by atoms with Gasteiger partial charge in [-0.05, 0) is 23.8 Å². The van der Waals surface area contributed by atoms with Gasteiger partial charge in [0.1, 0.15) is 0 Å². The predicted molar refractivity (Wildman–Crippen MR) is 85.0 cm³/mol. The third-order valence-electron chi connectivity index (χ3n) is 3.08. The summed E-state index contributed by atoms with van der Waals surface area (Å²) in [6.07, 6.45) is 3.90. The molecule has 2 rings (SSSR count). The monoisotopic (exact) mass is 302 g/mol. The molecule has 0 spiro atoms. The summed E-state index contributed by atoms with van der Waals surface area (Å²) in [5.41, 5.74) is 1.74. The molecule has 0 bridgehead atoms. The summed E-state index contributed by atoms with van der Waals surface area (Å²) in [6.45, 7) is 0.401. The lowest BCUT2D eigenvalue weighted by Gasteiger charge is -2.14. The minimum absolute atomic E-state index is 0.401. The summed E-state index contributed by atoms with van der Waals surface area (Å²) in [4.78, 5) is 4.19. The molecule has 0 saturated carbocycles. The summed E-state index contributed by atoms with van der Waals surface area (Å²) in [5, 5.41) is 1.24. The van der Waals surface area contributed by atoms with E-state index in [2.05, 4.69) is 4.98 Å². The molecule has 5 heteroatoms. The highest BCUT2D eigenvalue weighted by molar-refractivity contribution is 7.92. The molecule has 0 aliphatic heterocycles. The average molecular weight is 302 g/mol. The van der Waals surface area contributed by atoms with E-state index < -0.39 is 10.0 Å². The molecule has 0 saturated heterocycles. The summed E-state index contributed by atoms with van der Waals surface area (Å²) in [7, 11) is -1.83. The maximum atomic E-state index is 12.1. The molecule has 0 aliphatic rings. The van der Waals surface area contributed by atoms with Crippen LogP contribution >= 0.6 is 0 Å². The van der Waals surface area contributed by atoms with Crippen LogP contribution in [0.5, 0.6) is 0 Å². The minimum atomic E-state index is -3.40. The standard InChI is InChI=1S/C16H18N2O2S/c1-18(13-10-16-9-5-6-12-17-16)21(19,20)14-11-15-7-3-2-4-8-15/h2-9,11-12,14H,10,13H2,1H3/b14-11+. The van der Waals surface area contributed by atoms with Gasteiger partial charge in [-0.2, -0.15) is 0 Å². The Bertz CT molecular complexity index is 683. The zero-order valence-corrected chi connectivity index (χ0v) is 12.7. The average Bonchev–Trinajstić information content (AvgIpc) is 2.52. The van der Waals surface area contributed by atoms with Gasteiger partial charge in [0.2, 0.25) is 10.0 Å². The Hall–Kier alpha value is -1.98. The van der Waals surface area contributed by atoms with Crippen LogP contribution in [0.1, 0.15) is 11.3 Å². The third-order valence-corrected chi connectivity index (χ3v) is 4.61. The van der Waals surface area contributed by atoms with E-state index in [0.29, 0.717) is 13.0 Å². The summed E-state index contributed by atoms with van der Waals surface area (Å²) >= 11 is 0. The number of sulfonamides is 1. The molecule has 21 heavy (non-hydrogen) atoms. The normalized spacial score (nSPS) is 12.1. The van der Waals surface area contributed by atoms with Crippen LogP contribution in [-0.4, -0.2) is 31.3 Å².